The minimum absolute atomic E-state index is 0.234. The molecule has 90 valence electrons. The second-order valence-corrected chi connectivity index (χ2v) is 4.50. The highest BCUT2D eigenvalue weighted by atomic mass is 19.4. The molecular weight excluding hydrogens is 219 g/mol. The van der Waals surface area contributed by atoms with Crippen LogP contribution >= 0.6 is 0 Å². The van der Waals surface area contributed by atoms with Crippen LogP contribution in [0.4, 0.5) is 18.9 Å². The number of hydroxylamine groups is 1. The molecule has 1 aromatic carbocycles. The second-order valence-electron chi connectivity index (χ2n) is 4.50. The van der Waals surface area contributed by atoms with Gasteiger partial charge in [0.25, 0.3) is 0 Å². The lowest BCUT2D eigenvalue weighted by molar-refractivity contribution is -0.137. The average Bonchev–Trinajstić information content (AvgIpc) is 2.14. The molecule has 16 heavy (non-hydrogen) atoms. The summed E-state index contributed by atoms with van der Waals surface area (Å²) in [4.78, 5) is 0. The summed E-state index contributed by atoms with van der Waals surface area (Å²) in [5.41, 5.74) is -1.86. The molecule has 0 saturated heterocycles. The van der Waals surface area contributed by atoms with Crippen LogP contribution in [0.1, 0.15) is 26.3 Å². The van der Waals surface area contributed by atoms with Crippen molar-refractivity contribution in [3.05, 3.63) is 29.8 Å². The number of hydrogen-bond acceptors (Lipinski definition) is 2. The van der Waals surface area contributed by atoms with E-state index < -0.39 is 17.3 Å². The quantitative estimate of drug-likeness (QED) is 0.747. The second kappa shape index (κ2) is 3.97. The van der Waals surface area contributed by atoms with Gasteiger partial charge in [-0.2, -0.15) is 13.2 Å². The molecule has 0 unspecified atom stereocenters. The number of anilines is 1. The third-order valence-electron chi connectivity index (χ3n) is 2.07. The van der Waals surface area contributed by atoms with E-state index in [0.717, 1.165) is 6.07 Å². The molecular formula is C11H14F3NO. The van der Waals surface area contributed by atoms with Gasteiger partial charge >= 0.3 is 6.18 Å². The Balaban J connectivity index is 3.25. The van der Waals surface area contributed by atoms with Crippen LogP contribution in [0, 0.1) is 0 Å². The average molecular weight is 233 g/mol. The molecule has 0 heterocycles. The Bertz CT molecular complexity index is 368. The Morgan fingerprint density at radius 1 is 1.06 bits per heavy atom. The standard InChI is InChI=1S/C11H14F3NO/c1-10(2,3)15(16)9-7-5-4-6-8(9)11(12,13)14/h4-7,16H,1-3H3. The van der Waals surface area contributed by atoms with Gasteiger partial charge in [0.1, 0.15) is 0 Å². The van der Waals surface area contributed by atoms with Crippen molar-refractivity contribution in [1.29, 1.82) is 0 Å². The van der Waals surface area contributed by atoms with Crippen molar-refractivity contribution in [1.82, 2.24) is 0 Å². The van der Waals surface area contributed by atoms with E-state index in [2.05, 4.69) is 0 Å². The molecule has 0 aliphatic rings. The summed E-state index contributed by atoms with van der Waals surface area (Å²) in [5, 5.41) is 10.4. The zero-order valence-corrected chi connectivity index (χ0v) is 9.34. The van der Waals surface area contributed by atoms with Crippen LogP contribution in [0.15, 0.2) is 24.3 Å². The first-order chi connectivity index (χ1) is 7.14. The van der Waals surface area contributed by atoms with Gasteiger partial charge in [-0.25, -0.2) is 0 Å². The number of para-hydroxylation sites is 1. The van der Waals surface area contributed by atoms with Crippen LogP contribution in [-0.2, 0) is 6.18 Å². The summed E-state index contributed by atoms with van der Waals surface area (Å²) in [7, 11) is 0. The number of nitrogens with zero attached hydrogens (tertiary/aromatic N) is 1. The predicted molar refractivity (Wildman–Crippen MR) is 55.5 cm³/mol. The fraction of sp³-hybridized carbons (Fsp3) is 0.455. The monoisotopic (exact) mass is 233 g/mol. The molecule has 0 aliphatic heterocycles. The lowest BCUT2D eigenvalue weighted by atomic mass is 10.1. The molecule has 0 atom stereocenters. The summed E-state index contributed by atoms with van der Waals surface area (Å²) >= 11 is 0. The molecule has 2 nitrogen and oxygen atoms in total. The fourth-order valence-corrected chi connectivity index (χ4v) is 1.26. The van der Waals surface area contributed by atoms with Crippen LogP contribution in [0.5, 0.6) is 0 Å². The molecule has 0 radical (unpaired) electrons. The first kappa shape index (κ1) is 12.8. The molecule has 0 spiro atoms. The molecule has 0 amide bonds. The molecule has 0 aliphatic carbocycles. The Hall–Kier alpha value is -1.23. The van der Waals surface area contributed by atoms with E-state index >= 15 is 0 Å². The Labute approximate surface area is 92.3 Å². The van der Waals surface area contributed by atoms with Crippen LogP contribution < -0.4 is 5.06 Å². The number of hydrogen-bond donors (Lipinski definition) is 1. The van der Waals surface area contributed by atoms with E-state index in [9.17, 15) is 18.4 Å². The first-order valence-corrected chi connectivity index (χ1v) is 4.79. The number of rotatable bonds is 1. The minimum atomic E-state index is -4.47. The molecule has 1 N–H and O–H groups in total. The zero-order chi connectivity index (χ0) is 12.6. The molecule has 0 saturated carbocycles. The zero-order valence-electron chi connectivity index (χ0n) is 9.34. The summed E-state index contributed by atoms with van der Waals surface area (Å²) in [6.07, 6.45) is -4.47. The molecule has 0 fully saturated rings. The maximum atomic E-state index is 12.7. The highest BCUT2D eigenvalue weighted by molar-refractivity contribution is 5.54. The minimum Gasteiger partial charge on any atom is -0.288 e. The largest absolute Gasteiger partial charge is 0.418 e. The fourth-order valence-electron chi connectivity index (χ4n) is 1.26. The van der Waals surface area contributed by atoms with Gasteiger partial charge < -0.3 is 0 Å². The maximum absolute atomic E-state index is 12.7. The lowest BCUT2D eigenvalue weighted by Crippen LogP contribution is -2.39. The Kier molecular flexibility index (Phi) is 3.19. The topological polar surface area (TPSA) is 23.5 Å². The van der Waals surface area contributed by atoms with Crippen molar-refractivity contribution in [3.63, 3.8) is 0 Å². The molecule has 1 aromatic rings. The van der Waals surface area contributed by atoms with Crippen molar-refractivity contribution >= 4 is 5.69 Å². The Morgan fingerprint density at radius 2 is 1.56 bits per heavy atom. The highest BCUT2D eigenvalue weighted by Crippen LogP contribution is 2.37. The van der Waals surface area contributed by atoms with E-state index in [1.807, 2.05) is 0 Å². The van der Waals surface area contributed by atoms with Crippen molar-refractivity contribution in [2.45, 2.75) is 32.5 Å². The summed E-state index contributed by atoms with van der Waals surface area (Å²) < 4.78 is 38.0. The molecule has 5 heteroatoms. The van der Waals surface area contributed by atoms with Gasteiger partial charge in [-0.3, -0.25) is 10.3 Å². The van der Waals surface area contributed by atoms with Gasteiger partial charge in [-0.15, -0.1) is 0 Å². The predicted octanol–water partition coefficient (Wildman–Crippen LogP) is 3.70. The summed E-state index contributed by atoms with van der Waals surface area (Å²) in [5.74, 6) is 0. The maximum Gasteiger partial charge on any atom is 0.418 e. The van der Waals surface area contributed by atoms with Crippen molar-refractivity contribution < 1.29 is 18.4 Å². The van der Waals surface area contributed by atoms with Gasteiger partial charge in [-0.1, -0.05) is 12.1 Å². The van der Waals surface area contributed by atoms with Crippen LogP contribution in [-0.4, -0.2) is 10.7 Å². The highest BCUT2D eigenvalue weighted by Gasteiger charge is 2.36. The van der Waals surface area contributed by atoms with Gasteiger partial charge in [-0.05, 0) is 32.9 Å². The normalized spacial score (nSPS) is 12.7. The molecule has 1 rings (SSSR count). The van der Waals surface area contributed by atoms with Gasteiger partial charge in [0.15, 0.2) is 0 Å². The third-order valence-corrected chi connectivity index (χ3v) is 2.07. The SMILES string of the molecule is CC(C)(C)N(O)c1ccccc1C(F)(F)F. The van der Waals surface area contributed by atoms with Gasteiger partial charge in [0.05, 0.1) is 16.8 Å². The first-order valence-electron chi connectivity index (χ1n) is 4.79. The van der Waals surface area contributed by atoms with E-state index in [-0.39, 0.29) is 5.69 Å². The molecule has 0 aromatic heterocycles. The lowest BCUT2D eigenvalue weighted by Gasteiger charge is -2.33. The van der Waals surface area contributed by atoms with E-state index in [1.54, 1.807) is 20.8 Å². The third kappa shape index (κ3) is 2.66. The van der Waals surface area contributed by atoms with Crippen LogP contribution in [0.25, 0.3) is 0 Å². The number of alkyl halides is 3. The van der Waals surface area contributed by atoms with E-state index in [4.69, 9.17) is 0 Å². The number of benzene rings is 1. The smallest absolute Gasteiger partial charge is 0.288 e. The van der Waals surface area contributed by atoms with Crippen molar-refractivity contribution in [3.8, 4) is 0 Å². The van der Waals surface area contributed by atoms with Crippen LogP contribution in [0.3, 0.4) is 0 Å². The van der Waals surface area contributed by atoms with Gasteiger partial charge in [0.2, 0.25) is 0 Å². The van der Waals surface area contributed by atoms with Gasteiger partial charge in [0, 0.05) is 0 Å². The van der Waals surface area contributed by atoms with E-state index in [0.29, 0.717) is 5.06 Å². The number of halogens is 3. The van der Waals surface area contributed by atoms with Crippen molar-refractivity contribution in [2.75, 3.05) is 5.06 Å². The van der Waals surface area contributed by atoms with E-state index in [1.165, 1.54) is 18.2 Å². The summed E-state index contributed by atoms with van der Waals surface area (Å²) in [6, 6.07) is 4.95. The Morgan fingerprint density at radius 3 is 2.00 bits per heavy atom. The van der Waals surface area contributed by atoms with Crippen molar-refractivity contribution in [2.24, 2.45) is 0 Å². The summed E-state index contributed by atoms with van der Waals surface area (Å²) in [6.45, 7) is 4.88. The molecule has 0 bridgehead atoms. The van der Waals surface area contributed by atoms with Crippen LogP contribution in [0.2, 0.25) is 0 Å².